The molecule has 136 valence electrons. The van der Waals surface area contributed by atoms with Crippen molar-refractivity contribution in [2.45, 2.75) is 27.7 Å². The van der Waals surface area contributed by atoms with Crippen molar-refractivity contribution in [3.05, 3.63) is 70.9 Å². The van der Waals surface area contributed by atoms with E-state index >= 15 is 0 Å². The van der Waals surface area contributed by atoms with Crippen molar-refractivity contribution in [2.24, 2.45) is 0 Å². The molecule has 0 fully saturated rings. The summed E-state index contributed by atoms with van der Waals surface area (Å²) in [6.45, 7) is 9.44. The van der Waals surface area contributed by atoms with Crippen molar-refractivity contribution in [1.29, 1.82) is 0 Å². The van der Waals surface area contributed by atoms with Gasteiger partial charge in [-0.05, 0) is 56.5 Å². The van der Waals surface area contributed by atoms with Crippen LogP contribution in [0.5, 0.6) is 0 Å². The fraction of sp³-hybridized carbons (Fsp3) is 0.217. The summed E-state index contributed by atoms with van der Waals surface area (Å²) in [5.41, 5.74) is 7.44. The second-order valence-electron chi connectivity index (χ2n) is 6.93. The quantitative estimate of drug-likeness (QED) is 0.412. The zero-order valence-corrected chi connectivity index (χ0v) is 17.0. The largest absolute Gasteiger partial charge is 0.326 e. The Morgan fingerprint density at radius 2 is 1.74 bits per heavy atom. The normalized spacial score (nSPS) is 11.1. The van der Waals surface area contributed by atoms with Crippen LogP contribution in [0, 0.1) is 20.8 Å². The lowest BCUT2D eigenvalue weighted by Crippen LogP contribution is -2.18. The molecule has 0 atom stereocenters. The number of hydrogen-bond donors (Lipinski definition) is 0. The Labute approximate surface area is 164 Å². The molecule has 4 heteroatoms. The highest BCUT2D eigenvalue weighted by Gasteiger charge is 2.19. The van der Waals surface area contributed by atoms with Gasteiger partial charge in [0.05, 0.1) is 5.39 Å². The Hall–Kier alpha value is -2.72. The molecule has 2 heterocycles. The van der Waals surface area contributed by atoms with Crippen molar-refractivity contribution < 1.29 is 0 Å². The Morgan fingerprint density at radius 3 is 2.48 bits per heavy atom. The molecule has 0 bridgehead atoms. The smallest absolute Gasteiger partial charge is 0.145 e. The topological polar surface area (TPSA) is 29.0 Å². The molecule has 0 saturated carbocycles. The Bertz CT molecular complexity index is 1110. The first kappa shape index (κ1) is 17.7. The van der Waals surface area contributed by atoms with Crippen LogP contribution >= 0.6 is 11.3 Å². The fourth-order valence-corrected chi connectivity index (χ4v) is 4.53. The van der Waals surface area contributed by atoms with E-state index in [0.717, 1.165) is 28.3 Å². The average molecular weight is 374 g/mol. The van der Waals surface area contributed by atoms with Crippen molar-refractivity contribution in [1.82, 2.24) is 9.97 Å². The van der Waals surface area contributed by atoms with Crippen LogP contribution in [-0.2, 0) is 0 Å². The van der Waals surface area contributed by atoms with Crippen LogP contribution in [0.2, 0.25) is 0 Å². The van der Waals surface area contributed by atoms with Gasteiger partial charge in [-0.25, -0.2) is 9.97 Å². The lowest BCUT2D eigenvalue weighted by molar-refractivity contribution is 0.990. The van der Waals surface area contributed by atoms with Gasteiger partial charge in [-0.3, -0.25) is 0 Å². The minimum atomic E-state index is 0.845. The van der Waals surface area contributed by atoms with E-state index in [0.29, 0.717) is 0 Å². The van der Waals surface area contributed by atoms with Crippen LogP contribution < -0.4 is 4.90 Å². The zero-order valence-electron chi connectivity index (χ0n) is 16.2. The van der Waals surface area contributed by atoms with Crippen LogP contribution in [0.1, 0.15) is 23.6 Å². The molecular weight excluding hydrogens is 350 g/mol. The third-order valence-electron chi connectivity index (χ3n) is 4.91. The molecule has 0 amide bonds. The second kappa shape index (κ2) is 7.12. The number of nitrogens with zero attached hydrogens (tertiary/aromatic N) is 3. The maximum Gasteiger partial charge on any atom is 0.145 e. The van der Waals surface area contributed by atoms with Crippen LogP contribution in [0.15, 0.2) is 54.2 Å². The van der Waals surface area contributed by atoms with E-state index < -0.39 is 0 Å². The zero-order chi connectivity index (χ0) is 19.0. The fourth-order valence-electron chi connectivity index (χ4n) is 3.63. The minimum absolute atomic E-state index is 0.845. The van der Waals surface area contributed by atoms with E-state index in [1.54, 1.807) is 17.7 Å². The average Bonchev–Trinajstić information content (AvgIpc) is 3.07. The van der Waals surface area contributed by atoms with Crippen molar-refractivity contribution >= 4 is 33.1 Å². The molecule has 0 saturated heterocycles. The summed E-state index contributed by atoms with van der Waals surface area (Å²) in [5.74, 6) is 0.976. The molecule has 4 rings (SSSR count). The van der Waals surface area contributed by atoms with Gasteiger partial charge >= 0.3 is 0 Å². The number of fused-ring (bicyclic) bond motifs is 1. The van der Waals surface area contributed by atoms with E-state index in [1.807, 2.05) is 0 Å². The minimum Gasteiger partial charge on any atom is -0.326 e. The standard InChI is InChI=1S/C23H23N3S/c1-5-26(18-8-6-7-15(2)12-18)22-21-20(13-27-23(21)25-14-24-22)19-10-9-16(3)11-17(19)4/h6-14H,5H2,1-4H3. The van der Waals surface area contributed by atoms with Gasteiger partial charge in [0.25, 0.3) is 0 Å². The van der Waals surface area contributed by atoms with Gasteiger partial charge in [-0.1, -0.05) is 35.9 Å². The summed E-state index contributed by atoms with van der Waals surface area (Å²) in [4.78, 5) is 12.6. The Morgan fingerprint density at radius 1 is 0.926 bits per heavy atom. The van der Waals surface area contributed by atoms with Gasteiger partial charge in [0.2, 0.25) is 0 Å². The molecule has 0 aliphatic carbocycles. The molecule has 0 spiro atoms. The van der Waals surface area contributed by atoms with E-state index in [9.17, 15) is 0 Å². The number of anilines is 2. The number of rotatable bonds is 4. The van der Waals surface area contributed by atoms with E-state index in [2.05, 4.69) is 85.4 Å². The molecule has 0 radical (unpaired) electrons. The summed E-state index contributed by atoms with van der Waals surface area (Å²) < 4.78 is 0. The van der Waals surface area contributed by atoms with Gasteiger partial charge in [0.1, 0.15) is 17.0 Å². The first-order chi connectivity index (χ1) is 13.1. The molecule has 4 aromatic rings. The molecule has 2 aromatic carbocycles. The van der Waals surface area contributed by atoms with Gasteiger partial charge in [-0.2, -0.15) is 0 Å². The van der Waals surface area contributed by atoms with E-state index in [-0.39, 0.29) is 0 Å². The molecule has 0 unspecified atom stereocenters. The maximum absolute atomic E-state index is 4.71. The third kappa shape index (κ3) is 3.21. The highest BCUT2D eigenvalue weighted by Crippen LogP contribution is 2.40. The molecule has 3 nitrogen and oxygen atoms in total. The number of aromatic nitrogens is 2. The van der Waals surface area contributed by atoms with Crippen LogP contribution in [0.3, 0.4) is 0 Å². The van der Waals surface area contributed by atoms with Gasteiger partial charge in [-0.15, -0.1) is 11.3 Å². The molecule has 2 aromatic heterocycles. The molecular formula is C23H23N3S. The highest BCUT2D eigenvalue weighted by molar-refractivity contribution is 7.17. The summed E-state index contributed by atoms with van der Waals surface area (Å²) in [5, 5.41) is 3.35. The second-order valence-corrected chi connectivity index (χ2v) is 7.79. The maximum atomic E-state index is 4.71. The predicted octanol–water partition coefficient (Wildman–Crippen LogP) is 6.44. The highest BCUT2D eigenvalue weighted by atomic mass is 32.1. The van der Waals surface area contributed by atoms with E-state index in [4.69, 9.17) is 4.98 Å². The Balaban J connectivity index is 1.95. The number of thiophene rings is 1. The third-order valence-corrected chi connectivity index (χ3v) is 5.79. The van der Waals surface area contributed by atoms with Gasteiger partial charge < -0.3 is 4.90 Å². The number of benzene rings is 2. The monoisotopic (exact) mass is 373 g/mol. The number of hydrogen-bond acceptors (Lipinski definition) is 4. The van der Waals surface area contributed by atoms with Crippen molar-refractivity contribution in [3.63, 3.8) is 0 Å². The lowest BCUT2D eigenvalue weighted by atomic mass is 9.99. The Kier molecular flexibility index (Phi) is 4.66. The molecule has 0 N–H and O–H groups in total. The molecule has 0 aliphatic rings. The van der Waals surface area contributed by atoms with E-state index in [1.165, 1.54) is 27.8 Å². The first-order valence-corrected chi connectivity index (χ1v) is 10.1. The van der Waals surface area contributed by atoms with Gasteiger partial charge in [0.15, 0.2) is 0 Å². The molecule has 27 heavy (non-hydrogen) atoms. The number of aryl methyl sites for hydroxylation is 3. The SMILES string of the molecule is CCN(c1cccc(C)c1)c1ncnc2scc(-c3ccc(C)cc3C)c12. The lowest BCUT2D eigenvalue weighted by Gasteiger charge is -2.23. The van der Waals surface area contributed by atoms with Gasteiger partial charge in [0, 0.05) is 23.2 Å². The van der Waals surface area contributed by atoms with Crippen LogP contribution in [-0.4, -0.2) is 16.5 Å². The summed E-state index contributed by atoms with van der Waals surface area (Å²) in [7, 11) is 0. The molecule has 0 aliphatic heterocycles. The first-order valence-electron chi connectivity index (χ1n) is 9.22. The predicted molar refractivity (Wildman–Crippen MR) is 116 cm³/mol. The van der Waals surface area contributed by atoms with Crippen LogP contribution in [0.25, 0.3) is 21.3 Å². The summed E-state index contributed by atoms with van der Waals surface area (Å²) >= 11 is 1.68. The summed E-state index contributed by atoms with van der Waals surface area (Å²) in [6, 6.07) is 15.2. The van der Waals surface area contributed by atoms with Crippen LogP contribution in [0.4, 0.5) is 11.5 Å². The van der Waals surface area contributed by atoms with Crippen molar-refractivity contribution in [2.75, 3.05) is 11.4 Å². The van der Waals surface area contributed by atoms with Crippen molar-refractivity contribution in [3.8, 4) is 11.1 Å². The summed E-state index contributed by atoms with van der Waals surface area (Å²) in [6.07, 6.45) is 1.68.